The molecule has 1 aromatic carbocycles. The van der Waals surface area contributed by atoms with Gasteiger partial charge < -0.3 is 10.2 Å². The molecule has 6 nitrogen and oxygen atoms in total. The van der Waals surface area contributed by atoms with Gasteiger partial charge in [0.25, 0.3) is 0 Å². The zero-order valence-corrected chi connectivity index (χ0v) is 15.2. The molecule has 0 aliphatic rings. The lowest BCUT2D eigenvalue weighted by Gasteiger charge is -2.22. The second-order valence-corrected chi connectivity index (χ2v) is 7.84. The first-order valence-electron chi connectivity index (χ1n) is 7.66. The minimum absolute atomic E-state index is 0.134. The summed E-state index contributed by atoms with van der Waals surface area (Å²) in [6.45, 7) is 3.54. The van der Waals surface area contributed by atoms with E-state index in [0.717, 1.165) is 24.8 Å². The zero-order chi connectivity index (χ0) is 17.5. The molecule has 0 unspecified atom stereocenters. The fourth-order valence-corrected chi connectivity index (χ4v) is 3.10. The van der Waals surface area contributed by atoms with E-state index in [1.165, 1.54) is 4.31 Å². The Bertz CT molecular complexity index is 615. The molecule has 0 atom stereocenters. The van der Waals surface area contributed by atoms with E-state index in [1.807, 2.05) is 33.2 Å². The van der Waals surface area contributed by atoms with Crippen LogP contribution in [0, 0.1) is 6.92 Å². The van der Waals surface area contributed by atoms with Crippen molar-refractivity contribution in [3.63, 3.8) is 0 Å². The quantitative estimate of drug-likeness (QED) is 0.686. The van der Waals surface area contributed by atoms with Gasteiger partial charge in [-0.1, -0.05) is 12.1 Å². The molecule has 1 N–H and O–H groups in total. The molecule has 0 aliphatic carbocycles. The standard InChI is InChI=1S/C16H27N3O3S/c1-14-7-5-8-15(13-14)19(23(4,21)22)12-9-16(20)17-10-6-11-18(2)3/h5,7-8,13H,6,9-12H2,1-4H3,(H,17,20). The van der Waals surface area contributed by atoms with Crippen molar-refractivity contribution in [2.75, 3.05) is 44.3 Å². The largest absolute Gasteiger partial charge is 0.356 e. The summed E-state index contributed by atoms with van der Waals surface area (Å²) < 4.78 is 25.2. The molecule has 130 valence electrons. The van der Waals surface area contributed by atoms with E-state index in [4.69, 9.17) is 0 Å². The van der Waals surface area contributed by atoms with Crippen molar-refractivity contribution >= 4 is 21.6 Å². The van der Waals surface area contributed by atoms with E-state index in [2.05, 4.69) is 10.2 Å². The summed E-state index contributed by atoms with van der Waals surface area (Å²) in [5.41, 5.74) is 1.57. The van der Waals surface area contributed by atoms with Crippen LogP contribution in [0.25, 0.3) is 0 Å². The highest BCUT2D eigenvalue weighted by Gasteiger charge is 2.18. The third-order valence-corrected chi connectivity index (χ3v) is 4.53. The zero-order valence-electron chi connectivity index (χ0n) is 14.4. The Hall–Kier alpha value is -1.60. The number of anilines is 1. The number of benzene rings is 1. The molecule has 0 saturated heterocycles. The maximum atomic E-state index is 12.0. The Morgan fingerprint density at radius 3 is 2.48 bits per heavy atom. The maximum absolute atomic E-state index is 12.0. The molecule has 0 aliphatic heterocycles. The molecular formula is C16H27N3O3S. The van der Waals surface area contributed by atoms with E-state index in [1.54, 1.807) is 12.1 Å². The predicted molar refractivity (Wildman–Crippen MR) is 94.2 cm³/mol. The molecule has 1 rings (SSSR count). The van der Waals surface area contributed by atoms with Crippen LogP contribution in [0.2, 0.25) is 0 Å². The van der Waals surface area contributed by atoms with Crippen LogP contribution in [0.3, 0.4) is 0 Å². The number of nitrogens with zero attached hydrogens (tertiary/aromatic N) is 2. The number of carbonyl (C=O) groups is 1. The third kappa shape index (κ3) is 7.47. The van der Waals surface area contributed by atoms with E-state index in [0.29, 0.717) is 12.2 Å². The van der Waals surface area contributed by atoms with Crippen molar-refractivity contribution in [3.05, 3.63) is 29.8 Å². The smallest absolute Gasteiger partial charge is 0.232 e. The molecule has 0 saturated carbocycles. The topological polar surface area (TPSA) is 69.7 Å². The van der Waals surface area contributed by atoms with Crippen LogP contribution in [0.4, 0.5) is 5.69 Å². The van der Waals surface area contributed by atoms with E-state index in [9.17, 15) is 13.2 Å². The van der Waals surface area contributed by atoms with E-state index < -0.39 is 10.0 Å². The number of hydrogen-bond donors (Lipinski definition) is 1. The van der Waals surface area contributed by atoms with Gasteiger partial charge in [-0.05, 0) is 51.7 Å². The second kappa shape index (κ2) is 8.88. The molecule has 0 fully saturated rings. The number of aryl methyl sites for hydroxylation is 1. The summed E-state index contributed by atoms with van der Waals surface area (Å²) in [5, 5.41) is 2.82. The molecule has 0 spiro atoms. The van der Waals surface area contributed by atoms with Crippen molar-refractivity contribution in [1.29, 1.82) is 0 Å². The highest BCUT2D eigenvalue weighted by molar-refractivity contribution is 7.92. The van der Waals surface area contributed by atoms with Crippen LogP contribution in [0.15, 0.2) is 24.3 Å². The van der Waals surface area contributed by atoms with Crippen LogP contribution >= 0.6 is 0 Å². The number of amides is 1. The lowest BCUT2D eigenvalue weighted by molar-refractivity contribution is -0.120. The van der Waals surface area contributed by atoms with E-state index >= 15 is 0 Å². The SMILES string of the molecule is Cc1cccc(N(CCC(=O)NCCCN(C)C)S(C)(=O)=O)c1. The Balaban J connectivity index is 2.58. The first-order chi connectivity index (χ1) is 10.7. The first-order valence-corrected chi connectivity index (χ1v) is 9.51. The van der Waals surface area contributed by atoms with Gasteiger partial charge in [0.2, 0.25) is 15.9 Å². The normalized spacial score (nSPS) is 11.5. The number of carbonyl (C=O) groups excluding carboxylic acids is 1. The third-order valence-electron chi connectivity index (χ3n) is 3.34. The van der Waals surface area contributed by atoms with Gasteiger partial charge in [0.1, 0.15) is 0 Å². The molecule has 1 aromatic rings. The van der Waals surface area contributed by atoms with Crippen LogP contribution in [-0.2, 0) is 14.8 Å². The molecule has 0 radical (unpaired) electrons. The van der Waals surface area contributed by atoms with Crippen molar-refractivity contribution in [2.24, 2.45) is 0 Å². The Morgan fingerprint density at radius 2 is 1.91 bits per heavy atom. The minimum Gasteiger partial charge on any atom is -0.356 e. The monoisotopic (exact) mass is 341 g/mol. The Labute approximate surface area is 139 Å². The average molecular weight is 341 g/mol. The van der Waals surface area contributed by atoms with Gasteiger partial charge in [-0.2, -0.15) is 0 Å². The van der Waals surface area contributed by atoms with E-state index in [-0.39, 0.29) is 18.9 Å². The minimum atomic E-state index is -3.42. The Morgan fingerprint density at radius 1 is 1.22 bits per heavy atom. The van der Waals surface area contributed by atoms with Crippen molar-refractivity contribution in [1.82, 2.24) is 10.2 Å². The summed E-state index contributed by atoms with van der Waals surface area (Å²) >= 11 is 0. The average Bonchev–Trinajstić information content (AvgIpc) is 2.42. The van der Waals surface area contributed by atoms with Gasteiger partial charge >= 0.3 is 0 Å². The van der Waals surface area contributed by atoms with Gasteiger partial charge in [0, 0.05) is 19.5 Å². The molecule has 1 amide bonds. The molecule has 0 aromatic heterocycles. The number of hydrogen-bond acceptors (Lipinski definition) is 4. The first kappa shape index (κ1) is 19.4. The van der Waals surface area contributed by atoms with Crippen LogP contribution < -0.4 is 9.62 Å². The molecule has 0 heterocycles. The highest BCUT2D eigenvalue weighted by atomic mass is 32.2. The summed E-state index contributed by atoms with van der Waals surface area (Å²) in [6.07, 6.45) is 2.17. The van der Waals surface area contributed by atoms with Gasteiger partial charge in [0.05, 0.1) is 11.9 Å². The second-order valence-electron chi connectivity index (χ2n) is 5.93. The molecule has 0 bridgehead atoms. The van der Waals surface area contributed by atoms with Crippen molar-refractivity contribution < 1.29 is 13.2 Å². The summed E-state index contributed by atoms with van der Waals surface area (Å²) in [4.78, 5) is 13.9. The molecule has 23 heavy (non-hydrogen) atoms. The van der Waals surface area contributed by atoms with Crippen LogP contribution in [0.1, 0.15) is 18.4 Å². The van der Waals surface area contributed by atoms with Crippen LogP contribution in [0.5, 0.6) is 0 Å². The fraction of sp³-hybridized carbons (Fsp3) is 0.562. The summed E-state index contributed by atoms with van der Waals surface area (Å²) in [6, 6.07) is 7.25. The highest BCUT2D eigenvalue weighted by Crippen LogP contribution is 2.19. The van der Waals surface area contributed by atoms with Crippen molar-refractivity contribution in [3.8, 4) is 0 Å². The van der Waals surface area contributed by atoms with Crippen LogP contribution in [-0.4, -0.2) is 59.2 Å². The van der Waals surface area contributed by atoms with Gasteiger partial charge in [-0.3, -0.25) is 9.10 Å². The predicted octanol–water partition coefficient (Wildman–Crippen LogP) is 1.22. The van der Waals surface area contributed by atoms with Gasteiger partial charge in [-0.15, -0.1) is 0 Å². The fourth-order valence-electron chi connectivity index (χ4n) is 2.18. The lowest BCUT2D eigenvalue weighted by Crippen LogP contribution is -2.35. The van der Waals surface area contributed by atoms with Crippen molar-refractivity contribution in [2.45, 2.75) is 19.8 Å². The van der Waals surface area contributed by atoms with Gasteiger partial charge in [-0.25, -0.2) is 8.42 Å². The molecule has 7 heteroatoms. The number of sulfonamides is 1. The summed E-state index contributed by atoms with van der Waals surface area (Å²) in [5.74, 6) is -0.134. The summed E-state index contributed by atoms with van der Waals surface area (Å²) in [7, 11) is 0.539. The molecular weight excluding hydrogens is 314 g/mol. The number of rotatable bonds is 9. The maximum Gasteiger partial charge on any atom is 0.232 e. The number of nitrogens with one attached hydrogen (secondary N) is 1. The van der Waals surface area contributed by atoms with Gasteiger partial charge in [0.15, 0.2) is 0 Å². The Kier molecular flexibility index (Phi) is 7.51. The lowest BCUT2D eigenvalue weighted by atomic mass is 10.2.